The molecule has 1 heterocycles. The quantitative estimate of drug-likeness (QED) is 0.808. The van der Waals surface area contributed by atoms with E-state index in [1.807, 2.05) is 18.4 Å². The second-order valence-electron chi connectivity index (χ2n) is 5.02. The number of thiophene rings is 1. The Bertz CT molecular complexity index is 443. The zero-order valence-electron chi connectivity index (χ0n) is 11.7. The maximum absolute atomic E-state index is 11.9. The van der Waals surface area contributed by atoms with Crippen LogP contribution in [-0.2, 0) is 11.3 Å². The van der Waals surface area contributed by atoms with Gasteiger partial charge in [0.15, 0.2) is 0 Å². The molecule has 20 heavy (non-hydrogen) atoms. The summed E-state index contributed by atoms with van der Waals surface area (Å²) in [5, 5.41) is 7.06. The van der Waals surface area contributed by atoms with Gasteiger partial charge in [-0.05, 0) is 30.7 Å². The number of nitrogens with zero attached hydrogens (tertiary/aromatic N) is 1. The summed E-state index contributed by atoms with van der Waals surface area (Å²) in [5.74, 6) is -0.234. The molecule has 3 amide bonds. The number of carbonyl (C=O) groups is 2. The first-order valence-electron chi connectivity index (χ1n) is 7.03. The largest absolute Gasteiger partial charge is 0.338 e. The highest BCUT2D eigenvalue weighted by Gasteiger charge is 2.30. The molecule has 0 aliphatic heterocycles. The number of urea groups is 1. The zero-order valence-corrected chi connectivity index (χ0v) is 12.5. The summed E-state index contributed by atoms with van der Waals surface area (Å²) in [4.78, 5) is 26.7. The molecule has 0 saturated heterocycles. The average molecular weight is 295 g/mol. The van der Waals surface area contributed by atoms with Crippen molar-refractivity contribution >= 4 is 23.3 Å². The molecule has 1 aliphatic rings. The smallest absolute Gasteiger partial charge is 0.321 e. The van der Waals surface area contributed by atoms with E-state index in [1.165, 1.54) is 4.88 Å². The van der Waals surface area contributed by atoms with Gasteiger partial charge in [-0.3, -0.25) is 15.0 Å². The minimum atomic E-state index is -0.399. The molecule has 1 aromatic rings. The maximum Gasteiger partial charge on any atom is 0.321 e. The summed E-state index contributed by atoms with van der Waals surface area (Å²) >= 11 is 1.70. The van der Waals surface area contributed by atoms with E-state index in [-0.39, 0.29) is 12.5 Å². The molecule has 0 unspecified atom stereocenters. The topological polar surface area (TPSA) is 61.4 Å². The molecule has 1 aromatic heterocycles. The van der Waals surface area contributed by atoms with Crippen molar-refractivity contribution in [3.63, 3.8) is 0 Å². The van der Waals surface area contributed by atoms with Gasteiger partial charge in [0.1, 0.15) is 0 Å². The lowest BCUT2D eigenvalue weighted by Gasteiger charge is -2.20. The van der Waals surface area contributed by atoms with Gasteiger partial charge in [0.25, 0.3) is 0 Å². The Balaban J connectivity index is 1.79. The van der Waals surface area contributed by atoms with Gasteiger partial charge in [-0.25, -0.2) is 4.79 Å². The van der Waals surface area contributed by atoms with Crippen molar-refractivity contribution in [2.75, 3.05) is 13.1 Å². The third kappa shape index (κ3) is 4.94. The van der Waals surface area contributed by atoms with E-state index in [9.17, 15) is 9.59 Å². The molecule has 0 aromatic carbocycles. The predicted molar refractivity (Wildman–Crippen MR) is 79.6 cm³/mol. The van der Waals surface area contributed by atoms with Crippen molar-refractivity contribution in [1.29, 1.82) is 0 Å². The fourth-order valence-corrected chi connectivity index (χ4v) is 2.72. The van der Waals surface area contributed by atoms with Crippen molar-refractivity contribution in [3.05, 3.63) is 22.4 Å². The molecular weight excluding hydrogens is 274 g/mol. The third-order valence-corrected chi connectivity index (χ3v) is 4.00. The van der Waals surface area contributed by atoms with Gasteiger partial charge in [0.2, 0.25) is 5.91 Å². The van der Waals surface area contributed by atoms with Gasteiger partial charge >= 0.3 is 6.03 Å². The van der Waals surface area contributed by atoms with Gasteiger partial charge in [0.05, 0.1) is 6.54 Å². The van der Waals surface area contributed by atoms with E-state index in [0.717, 1.165) is 25.8 Å². The first-order chi connectivity index (χ1) is 9.69. The molecule has 1 aliphatic carbocycles. The Morgan fingerprint density at radius 3 is 2.85 bits per heavy atom. The van der Waals surface area contributed by atoms with Gasteiger partial charge in [0, 0.05) is 24.0 Å². The molecule has 2 N–H and O–H groups in total. The van der Waals surface area contributed by atoms with Gasteiger partial charge in [-0.15, -0.1) is 11.3 Å². The highest BCUT2D eigenvalue weighted by Crippen LogP contribution is 2.28. The lowest BCUT2D eigenvalue weighted by atomic mass is 10.3. The first-order valence-corrected chi connectivity index (χ1v) is 7.91. The van der Waals surface area contributed by atoms with Gasteiger partial charge < -0.3 is 5.32 Å². The van der Waals surface area contributed by atoms with E-state index < -0.39 is 6.03 Å². The summed E-state index contributed by atoms with van der Waals surface area (Å²) in [7, 11) is 0. The first kappa shape index (κ1) is 15.0. The summed E-state index contributed by atoms with van der Waals surface area (Å²) in [5.41, 5.74) is 0. The van der Waals surface area contributed by atoms with Crippen molar-refractivity contribution in [2.24, 2.45) is 0 Å². The average Bonchev–Trinajstić information content (AvgIpc) is 3.14. The number of carbonyl (C=O) groups excluding carboxylic acids is 2. The summed E-state index contributed by atoms with van der Waals surface area (Å²) in [6, 6.07) is 4.18. The lowest BCUT2D eigenvalue weighted by Crippen LogP contribution is -2.45. The minimum absolute atomic E-state index is 0.234. The fourth-order valence-electron chi connectivity index (χ4n) is 1.99. The molecule has 2 rings (SSSR count). The van der Waals surface area contributed by atoms with E-state index in [4.69, 9.17) is 0 Å². The van der Waals surface area contributed by atoms with E-state index in [1.54, 1.807) is 11.3 Å². The van der Waals surface area contributed by atoms with Crippen molar-refractivity contribution < 1.29 is 9.59 Å². The van der Waals surface area contributed by atoms with E-state index >= 15 is 0 Å². The van der Waals surface area contributed by atoms with Crippen LogP contribution in [0.5, 0.6) is 0 Å². The van der Waals surface area contributed by atoms with E-state index in [2.05, 4.69) is 21.6 Å². The van der Waals surface area contributed by atoms with Crippen LogP contribution in [0.25, 0.3) is 0 Å². The lowest BCUT2D eigenvalue weighted by molar-refractivity contribution is -0.121. The van der Waals surface area contributed by atoms with Gasteiger partial charge in [-0.2, -0.15) is 0 Å². The molecule has 0 bridgehead atoms. The SMILES string of the molecule is CCCNC(=O)NC(=O)CN(Cc1cccs1)C1CC1. The van der Waals surface area contributed by atoms with Crippen LogP contribution in [0.4, 0.5) is 4.79 Å². The second-order valence-corrected chi connectivity index (χ2v) is 6.05. The van der Waals surface area contributed by atoms with Crippen LogP contribution in [0, 0.1) is 0 Å². The van der Waals surface area contributed by atoms with Crippen LogP contribution in [0.2, 0.25) is 0 Å². The molecule has 0 atom stereocenters. The van der Waals surface area contributed by atoms with Crippen LogP contribution >= 0.6 is 11.3 Å². The van der Waals surface area contributed by atoms with E-state index in [0.29, 0.717) is 12.6 Å². The summed E-state index contributed by atoms with van der Waals surface area (Å²) < 4.78 is 0. The number of nitrogens with one attached hydrogen (secondary N) is 2. The monoisotopic (exact) mass is 295 g/mol. The second kappa shape index (κ2) is 7.40. The van der Waals surface area contributed by atoms with Crippen LogP contribution in [-0.4, -0.2) is 36.0 Å². The molecule has 110 valence electrons. The molecule has 0 radical (unpaired) electrons. The Kier molecular flexibility index (Phi) is 5.55. The zero-order chi connectivity index (χ0) is 14.4. The van der Waals surface area contributed by atoms with Crippen LogP contribution < -0.4 is 10.6 Å². The minimum Gasteiger partial charge on any atom is -0.338 e. The molecular formula is C14H21N3O2S. The van der Waals surface area contributed by atoms with Crippen LogP contribution in [0.1, 0.15) is 31.1 Å². The van der Waals surface area contributed by atoms with Crippen molar-refractivity contribution in [1.82, 2.24) is 15.5 Å². The molecule has 5 nitrogen and oxygen atoms in total. The third-order valence-electron chi connectivity index (χ3n) is 3.14. The Hall–Kier alpha value is -1.40. The van der Waals surface area contributed by atoms with Crippen molar-refractivity contribution in [3.8, 4) is 0 Å². The number of amides is 3. The summed E-state index contributed by atoms with van der Waals surface area (Å²) in [6.07, 6.45) is 3.13. The number of hydrogen-bond acceptors (Lipinski definition) is 4. The maximum atomic E-state index is 11.9. The molecule has 0 spiro atoms. The Morgan fingerprint density at radius 2 is 2.25 bits per heavy atom. The van der Waals surface area contributed by atoms with Gasteiger partial charge in [-0.1, -0.05) is 13.0 Å². The number of hydrogen-bond donors (Lipinski definition) is 2. The molecule has 1 saturated carbocycles. The Labute approximate surface area is 123 Å². The molecule has 1 fully saturated rings. The standard InChI is InChI=1S/C14H21N3O2S/c1-2-7-15-14(19)16-13(18)10-17(11-5-6-11)9-12-4-3-8-20-12/h3-4,8,11H,2,5-7,9-10H2,1H3,(H2,15,16,18,19). The highest BCUT2D eigenvalue weighted by atomic mass is 32.1. The predicted octanol–water partition coefficient (Wildman–Crippen LogP) is 1.95. The fraction of sp³-hybridized carbons (Fsp3) is 0.571. The normalized spacial score (nSPS) is 14.3. The summed E-state index contributed by atoms with van der Waals surface area (Å²) in [6.45, 7) is 3.62. The number of imide groups is 1. The molecule has 6 heteroatoms. The van der Waals surface area contributed by atoms with Crippen LogP contribution in [0.3, 0.4) is 0 Å². The Morgan fingerprint density at radius 1 is 1.45 bits per heavy atom. The highest BCUT2D eigenvalue weighted by molar-refractivity contribution is 7.09. The van der Waals surface area contributed by atoms with Crippen molar-refractivity contribution in [2.45, 2.75) is 38.8 Å². The number of rotatable bonds is 7. The van der Waals surface area contributed by atoms with Crippen LogP contribution in [0.15, 0.2) is 17.5 Å².